The van der Waals surface area contributed by atoms with Gasteiger partial charge in [-0.05, 0) is 36.8 Å². The molecule has 28 heavy (non-hydrogen) atoms. The Balaban J connectivity index is 1.61. The quantitative estimate of drug-likeness (QED) is 0.697. The second-order valence-corrected chi connectivity index (χ2v) is 7.15. The maximum Gasteiger partial charge on any atom is 0.254 e. The second kappa shape index (κ2) is 7.59. The van der Waals surface area contributed by atoms with Gasteiger partial charge >= 0.3 is 0 Å². The van der Waals surface area contributed by atoms with Crippen LogP contribution >= 0.6 is 0 Å². The lowest BCUT2D eigenvalue weighted by atomic mass is 10.1. The van der Waals surface area contributed by atoms with Crippen LogP contribution in [0.25, 0.3) is 11.0 Å². The average Bonchev–Trinajstić information content (AvgIpc) is 3.09. The number of fused-ring (bicyclic) bond motifs is 1. The molecule has 1 saturated heterocycles. The maximum absolute atomic E-state index is 13.0. The van der Waals surface area contributed by atoms with Crippen LogP contribution < -0.4 is 4.90 Å². The summed E-state index contributed by atoms with van der Waals surface area (Å²) in [5.74, 6) is 0.886. The van der Waals surface area contributed by atoms with Gasteiger partial charge < -0.3 is 19.1 Å². The van der Waals surface area contributed by atoms with Crippen LogP contribution in [-0.2, 0) is 11.8 Å². The number of hydrogen-bond acceptors (Lipinski definition) is 5. The number of imidazole rings is 1. The fourth-order valence-electron chi connectivity index (χ4n) is 3.59. The summed E-state index contributed by atoms with van der Waals surface area (Å²) in [5.41, 5.74) is 3.49. The van der Waals surface area contributed by atoms with Crippen molar-refractivity contribution in [3.63, 3.8) is 0 Å². The van der Waals surface area contributed by atoms with Crippen LogP contribution in [0.2, 0.25) is 0 Å². The van der Waals surface area contributed by atoms with Gasteiger partial charge in [0.1, 0.15) is 0 Å². The molecule has 1 aliphatic rings. The zero-order valence-electron chi connectivity index (χ0n) is 16.5. The molecule has 4 rings (SSSR count). The topological polar surface area (TPSA) is 63.5 Å². The highest BCUT2D eigenvalue weighted by atomic mass is 16.5. The van der Waals surface area contributed by atoms with Gasteiger partial charge in [0.25, 0.3) is 5.91 Å². The Labute approximate surface area is 164 Å². The van der Waals surface area contributed by atoms with Gasteiger partial charge in [-0.2, -0.15) is 0 Å². The van der Waals surface area contributed by atoms with Gasteiger partial charge in [-0.25, -0.2) is 4.98 Å². The molecule has 146 valence electrons. The Morgan fingerprint density at radius 2 is 2.04 bits per heavy atom. The zero-order valence-corrected chi connectivity index (χ0v) is 16.5. The average molecular weight is 379 g/mol. The summed E-state index contributed by atoms with van der Waals surface area (Å²) in [6.45, 7) is 5.08. The minimum Gasteiger partial charge on any atom is -0.378 e. The smallest absolute Gasteiger partial charge is 0.254 e. The number of pyridine rings is 1. The standard InChI is InChI=1S/C21H25N5O2/c1-15(17-5-4-8-22-14-17)24(2)20(27)16-6-7-19-18(13-16)23-21(25(19)3)26-9-11-28-12-10-26/h4-8,13-15H,9-12H2,1-3H3/t15-/m1/s1. The number of morpholine rings is 1. The number of aromatic nitrogens is 3. The van der Waals surface area contributed by atoms with E-state index in [1.807, 2.05) is 51.4 Å². The number of hydrogen-bond donors (Lipinski definition) is 0. The minimum atomic E-state index is -0.0652. The molecule has 0 spiro atoms. The van der Waals surface area contributed by atoms with Crippen molar-refractivity contribution in [1.29, 1.82) is 0 Å². The fraction of sp³-hybridized carbons (Fsp3) is 0.381. The van der Waals surface area contributed by atoms with Gasteiger partial charge in [0.15, 0.2) is 0 Å². The third-order valence-electron chi connectivity index (χ3n) is 5.47. The molecule has 1 aromatic carbocycles. The summed E-state index contributed by atoms with van der Waals surface area (Å²) < 4.78 is 7.52. The molecule has 1 amide bonds. The lowest BCUT2D eigenvalue weighted by molar-refractivity contribution is 0.0742. The third kappa shape index (κ3) is 3.33. The number of rotatable bonds is 4. The highest BCUT2D eigenvalue weighted by Gasteiger charge is 2.22. The van der Waals surface area contributed by atoms with Gasteiger partial charge in [-0.1, -0.05) is 6.07 Å². The molecule has 0 bridgehead atoms. The SMILES string of the molecule is C[C@H](c1cccnc1)N(C)C(=O)c1ccc2c(c1)nc(N1CCOCC1)n2C. The van der Waals surface area contributed by atoms with Gasteiger partial charge in [0.2, 0.25) is 5.95 Å². The predicted molar refractivity (Wildman–Crippen MR) is 108 cm³/mol. The molecule has 0 unspecified atom stereocenters. The van der Waals surface area contributed by atoms with E-state index in [2.05, 4.69) is 14.5 Å². The molecule has 1 atom stereocenters. The van der Waals surface area contributed by atoms with E-state index in [0.717, 1.165) is 35.6 Å². The summed E-state index contributed by atoms with van der Waals surface area (Å²) in [6.07, 6.45) is 3.53. The normalized spacial score (nSPS) is 15.6. The summed E-state index contributed by atoms with van der Waals surface area (Å²) in [5, 5.41) is 0. The maximum atomic E-state index is 13.0. The largest absolute Gasteiger partial charge is 0.378 e. The number of benzene rings is 1. The van der Waals surface area contributed by atoms with Crippen molar-refractivity contribution in [2.75, 3.05) is 38.3 Å². The first-order chi connectivity index (χ1) is 13.6. The molecule has 1 fully saturated rings. The Morgan fingerprint density at radius 3 is 2.75 bits per heavy atom. The number of aryl methyl sites for hydroxylation is 1. The zero-order chi connectivity index (χ0) is 19.7. The number of carbonyl (C=O) groups excluding carboxylic acids is 1. The van der Waals surface area contributed by atoms with E-state index in [9.17, 15) is 4.79 Å². The lowest BCUT2D eigenvalue weighted by Crippen LogP contribution is -2.37. The molecular weight excluding hydrogens is 354 g/mol. The van der Waals surface area contributed by atoms with Crippen LogP contribution in [0.4, 0.5) is 5.95 Å². The number of anilines is 1. The van der Waals surface area contributed by atoms with Crippen LogP contribution in [-0.4, -0.2) is 58.7 Å². The molecule has 0 radical (unpaired) electrons. The van der Waals surface area contributed by atoms with Crippen molar-refractivity contribution in [2.45, 2.75) is 13.0 Å². The summed E-state index contributed by atoms with van der Waals surface area (Å²) in [4.78, 5) is 26.0. The van der Waals surface area contributed by atoms with Crippen LogP contribution in [0, 0.1) is 0 Å². The molecule has 0 aliphatic carbocycles. The fourth-order valence-corrected chi connectivity index (χ4v) is 3.59. The Morgan fingerprint density at radius 1 is 1.25 bits per heavy atom. The first kappa shape index (κ1) is 18.4. The molecule has 3 aromatic rings. The highest BCUT2D eigenvalue weighted by molar-refractivity contribution is 5.97. The summed E-state index contributed by atoms with van der Waals surface area (Å²) in [6, 6.07) is 9.54. The van der Waals surface area contributed by atoms with E-state index >= 15 is 0 Å². The first-order valence-electron chi connectivity index (χ1n) is 9.52. The van der Waals surface area contributed by atoms with Gasteiger partial charge in [0, 0.05) is 45.1 Å². The number of amides is 1. The third-order valence-corrected chi connectivity index (χ3v) is 5.47. The van der Waals surface area contributed by atoms with Gasteiger partial charge in [-0.15, -0.1) is 0 Å². The Kier molecular flexibility index (Phi) is 5.00. The van der Waals surface area contributed by atoms with Crippen LogP contribution in [0.15, 0.2) is 42.7 Å². The summed E-state index contributed by atoms with van der Waals surface area (Å²) in [7, 11) is 3.83. The number of ether oxygens (including phenoxy) is 1. The van der Waals surface area contributed by atoms with E-state index < -0.39 is 0 Å². The molecule has 2 aromatic heterocycles. The predicted octanol–water partition coefficient (Wildman–Crippen LogP) is 2.64. The molecule has 7 heteroatoms. The van der Waals surface area contributed by atoms with Crippen molar-refractivity contribution >= 4 is 22.9 Å². The van der Waals surface area contributed by atoms with Gasteiger partial charge in [0.05, 0.1) is 30.3 Å². The molecule has 0 N–H and O–H groups in total. The van der Waals surface area contributed by atoms with E-state index in [-0.39, 0.29) is 11.9 Å². The molecule has 3 heterocycles. The van der Waals surface area contributed by atoms with Crippen molar-refractivity contribution < 1.29 is 9.53 Å². The summed E-state index contributed by atoms with van der Waals surface area (Å²) >= 11 is 0. The van der Waals surface area contributed by atoms with E-state index in [1.165, 1.54) is 0 Å². The minimum absolute atomic E-state index is 0.0307. The van der Waals surface area contributed by atoms with Crippen molar-refractivity contribution in [3.8, 4) is 0 Å². The lowest BCUT2D eigenvalue weighted by Gasteiger charge is -2.27. The van der Waals surface area contributed by atoms with Gasteiger partial charge in [-0.3, -0.25) is 9.78 Å². The molecular formula is C21H25N5O2. The molecule has 0 saturated carbocycles. The van der Waals surface area contributed by atoms with Crippen LogP contribution in [0.1, 0.15) is 28.9 Å². The highest BCUT2D eigenvalue weighted by Crippen LogP contribution is 2.25. The van der Waals surface area contributed by atoms with Crippen molar-refractivity contribution in [2.24, 2.45) is 7.05 Å². The second-order valence-electron chi connectivity index (χ2n) is 7.15. The Hall–Kier alpha value is -2.93. The number of carbonyl (C=O) groups is 1. The van der Waals surface area contributed by atoms with E-state index in [0.29, 0.717) is 18.8 Å². The van der Waals surface area contributed by atoms with E-state index in [4.69, 9.17) is 9.72 Å². The van der Waals surface area contributed by atoms with E-state index in [1.54, 1.807) is 17.3 Å². The van der Waals surface area contributed by atoms with Crippen LogP contribution in [0.5, 0.6) is 0 Å². The monoisotopic (exact) mass is 379 g/mol. The van der Waals surface area contributed by atoms with Crippen molar-refractivity contribution in [1.82, 2.24) is 19.4 Å². The Bertz CT molecular complexity index is 979. The van der Waals surface area contributed by atoms with Crippen LogP contribution in [0.3, 0.4) is 0 Å². The number of nitrogens with zero attached hydrogens (tertiary/aromatic N) is 5. The van der Waals surface area contributed by atoms with Crippen molar-refractivity contribution in [3.05, 3.63) is 53.9 Å². The molecule has 7 nitrogen and oxygen atoms in total. The molecule has 1 aliphatic heterocycles. The first-order valence-corrected chi connectivity index (χ1v) is 9.52.